The number of hydrogen-bond donors (Lipinski definition) is 0. The number of nitrogens with zero attached hydrogens (tertiary/aromatic N) is 1. The van der Waals surface area contributed by atoms with Gasteiger partial charge in [0.15, 0.2) is 17.2 Å². The Hall–Kier alpha value is -3.38. The Kier molecular flexibility index (Phi) is 6.94. The van der Waals surface area contributed by atoms with Crippen LogP contribution in [0.4, 0.5) is 0 Å². The van der Waals surface area contributed by atoms with Crippen LogP contribution in [0.1, 0.15) is 42.0 Å². The zero-order valence-corrected chi connectivity index (χ0v) is 20.3. The molecule has 0 fully saturated rings. The number of carbonyl (C=O) groups is 1. The van der Waals surface area contributed by atoms with Gasteiger partial charge in [-0.25, -0.2) is 9.79 Å². The lowest BCUT2D eigenvalue weighted by Gasteiger charge is -2.12. The van der Waals surface area contributed by atoms with E-state index in [1.807, 2.05) is 60.7 Å². The number of cyclic esters (lactones) is 1. The minimum atomic E-state index is -0.480. The maximum atomic E-state index is 12.4. The summed E-state index contributed by atoms with van der Waals surface area (Å²) in [6, 6.07) is 21.2. The molecule has 0 radical (unpaired) electrons. The van der Waals surface area contributed by atoms with Gasteiger partial charge in [-0.2, -0.15) is 0 Å². The van der Waals surface area contributed by atoms with Crippen molar-refractivity contribution in [2.45, 2.75) is 26.4 Å². The van der Waals surface area contributed by atoms with Crippen molar-refractivity contribution in [2.75, 3.05) is 7.11 Å². The van der Waals surface area contributed by atoms with Crippen LogP contribution in [0.2, 0.25) is 0 Å². The van der Waals surface area contributed by atoms with Crippen molar-refractivity contribution in [3.05, 3.63) is 99.2 Å². The first-order valence-corrected chi connectivity index (χ1v) is 11.4. The molecule has 3 aromatic rings. The Balaban J connectivity index is 1.53. The van der Waals surface area contributed by atoms with Crippen LogP contribution < -0.4 is 9.47 Å². The second kappa shape index (κ2) is 10.0. The number of carbonyl (C=O) groups excluding carboxylic acids is 1. The number of rotatable bonds is 7. The first-order valence-electron chi connectivity index (χ1n) is 10.6. The zero-order valence-electron chi connectivity index (χ0n) is 18.7. The highest BCUT2D eigenvalue weighted by Crippen LogP contribution is 2.31. The molecule has 0 aliphatic carbocycles. The van der Waals surface area contributed by atoms with Gasteiger partial charge in [0, 0.05) is 15.6 Å². The minimum Gasteiger partial charge on any atom is -0.493 e. The normalized spacial score (nSPS) is 14.4. The molecule has 168 valence electrons. The zero-order chi connectivity index (χ0) is 23.4. The maximum Gasteiger partial charge on any atom is 0.363 e. The average molecular weight is 506 g/mol. The van der Waals surface area contributed by atoms with Gasteiger partial charge in [0.2, 0.25) is 5.90 Å². The molecule has 1 heterocycles. The highest BCUT2D eigenvalue weighted by Gasteiger charge is 2.24. The number of methoxy groups -OCH3 is 1. The second-order valence-electron chi connectivity index (χ2n) is 7.90. The van der Waals surface area contributed by atoms with Gasteiger partial charge in [-0.3, -0.25) is 0 Å². The van der Waals surface area contributed by atoms with Crippen LogP contribution >= 0.6 is 15.9 Å². The minimum absolute atomic E-state index is 0.238. The number of aliphatic imine (C=N–C) groups is 1. The highest BCUT2D eigenvalue weighted by atomic mass is 79.9. The molecule has 0 bridgehead atoms. The fourth-order valence-corrected chi connectivity index (χ4v) is 3.76. The molecule has 1 aliphatic heterocycles. The molecule has 0 amide bonds. The lowest BCUT2D eigenvalue weighted by molar-refractivity contribution is -0.129. The molecule has 0 saturated carbocycles. The van der Waals surface area contributed by atoms with Crippen LogP contribution in [0, 0.1) is 0 Å². The Morgan fingerprint density at radius 1 is 1.03 bits per heavy atom. The lowest BCUT2D eigenvalue weighted by Crippen LogP contribution is -2.05. The summed E-state index contributed by atoms with van der Waals surface area (Å²) in [5.41, 5.74) is 4.01. The van der Waals surface area contributed by atoms with E-state index in [2.05, 4.69) is 34.8 Å². The van der Waals surface area contributed by atoms with E-state index in [4.69, 9.17) is 14.2 Å². The molecule has 33 heavy (non-hydrogen) atoms. The summed E-state index contributed by atoms with van der Waals surface area (Å²) in [5, 5.41) is 0. The summed E-state index contributed by atoms with van der Waals surface area (Å²) in [6.07, 6.45) is 1.68. The first-order chi connectivity index (χ1) is 15.9. The number of halogens is 1. The molecule has 0 saturated heterocycles. The van der Waals surface area contributed by atoms with Crippen LogP contribution in [0.3, 0.4) is 0 Å². The third-order valence-electron chi connectivity index (χ3n) is 5.28. The Morgan fingerprint density at radius 2 is 1.79 bits per heavy atom. The van der Waals surface area contributed by atoms with Gasteiger partial charge in [0.1, 0.15) is 6.61 Å². The molecule has 0 spiro atoms. The molecule has 5 nitrogen and oxygen atoms in total. The number of hydrogen-bond acceptors (Lipinski definition) is 5. The quantitative estimate of drug-likeness (QED) is 0.271. The predicted molar refractivity (Wildman–Crippen MR) is 133 cm³/mol. The number of esters is 1. The molecular formula is C27H24BrNO4. The van der Waals surface area contributed by atoms with Crippen molar-refractivity contribution in [1.29, 1.82) is 0 Å². The van der Waals surface area contributed by atoms with E-state index >= 15 is 0 Å². The van der Waals surface area contributed by atoms with E-state index in [9.17, 15) is 4.79 Å². The van der Waals surface area contributed by atoms with E-state index in [0.717, 1.165) is 21.2 Å². The van der Waals surface area contributed by atoms with Crippen LogP contribution in [0.5, 0.6) is 11.5 Å². The molecule has 3 aromatic carbocycles. The predicted octanol–water partition coefficient (Wildman–Crippen LogP) is 6.50. The lowest BCUT2D eigenvalue weighted by atomic mass is 10.0. The Morgan fingerprint density at radius 3 is 2.48 bits per heavy atom. The van der Waals surface area contributed by atoms with Gasteiger partial charge in [-0.1, -0.05) is 66.2 Å². The molecule has 1 aliphatic rings. The van der Waals surface area contributed by atoms with E-state index in [-0.39, 0.29) is 5.70 Å². The van der Waals surface area contributed by atoms with Crippen molar-refractivity contribution >= 4 is 33.9 Å². The van der Waals surface area contributed by atoms with Crippen molar-refractivity contribution < 1.29 is 19.0 Å². The summed E-state index contributed by atoms with van der Waals surface area (Å²) in [5.74, 6) is 1.43. The molecular weight excluding hydrogens is 482 g/mol. The van der Waals surface area contributed by atoms with Gasteiger partial charge < -0.3 is 14.2 Å². The summed E-state index contributed by atoms with van der Waals surface area (Å²) in [4.78, 5) is 16.8. The van der Waals surface area contributed by atoms with Gasteiger partial charge >= 0.3 is 5.97 Å². The molecule has 4 rings (SSSR count). The summed E-state index contributed by atoms with van der Waals surface area (Å²) < 4.78 is 17.8. The fourth-order valence-electron chi connectivity index (χ4n) is 3.37. The van der Waals surface area contributed by atoms with Crippen LogP contribution in [-0.2, 0) is 16.1 Å². The maximum absolute atomic E-state index is 12.4. The van der Waals surface area contributed by atoms with Gasteiger partial charge in [-0.15, -0.1) is 0 Å². The summed E-state index contributed by atoms with van der Waals surface area (Å²) in [6.45, 7) is 4.66. The van der Waals surface area contributed by atoms with Crippen molar-refractivity contribution in [3.8, 4) is 11.5 Å². The SMILES string of the molecule is COc1cc(/C=C2\N=C(c3ccc(C(C)C)cc3)OC2=O)ccc1OCc1ccccc1Br. The molecule has 6 heteroatoms. The third-order valence-corrected chi connectivity index (χ3v) is 6.05. The standard InChI is InChI=1S/C27H24BrNO4/c1-17(2)19-9-11-20(12-10-19)26-29-23(27(30)33-26)14-18-8-13-24(25(15-18)31-3)32-16-21-6-4-5-7-22(21)28/h4-15,17H,16H2,1-3H3/b23-14-. The van der Waals surface area contributed by atoms with Crippen LogP contribution in [0.15, 0.2) is 81.9 Å². The van der Waals surface area contributed by atoms with Gasteiger partial charge in [0.25, 0.3) is 0 Å². The summed E-state index contributed by atoms with van der Waals surface area (Å²) in [7, 11) is 1.58. The van der Waals surface area contributed by atoms with Crippen LogP contribution in [0.25, 0.3) is 6.08 Å². The smallest absolute Gasteiger partial charge is 0.363 e. The number of ether oxygens (including phenoxy) is 3. The first kappa shape index (κ1) is 22.8. The second-order valence-corrected chi connectivity index (χ2v) is 8.76. The average Bonchev–Trinajstić information content (AvgIpc) is 3.19. The Labute approximate surface area is 201 Å². The van der Waals surface area contributed by atoms with Crippen molar-refractivity contribution in [2.24, 2.45) is 4.99 Å². The molecule has 0 aromatic heterocycles. The van der Waals surface area contributed by atoms with Crippen molar-refractivity contribution in [1.82, 2.24) is 0 Å². The third kappa shape index (κ3) is 5.34. The van der Waals surface area contributed by atoms with E-state index in [0.29, 0.717) is 29.9 Å². The Bertz CT molecular complexity index is 1230. The highest BCUT2D eigenvalue weighted by molar-refractivity contribution is 9.10. The topological polar surface area (TPSA) is 57.1 Å². The summed E-state index contributed by atoms with van der Waals surface area (Å²) >= 11 is 3.53. The van der Waals surface area contributed by atoms with Gasteiger partial charge in [0.05, 0.1) is 7.11 Å². The monoisotopic (exact) mass is 505 g/mol. The van der Waals surface area contributed by atoms with E-state index in [1.54, 1.807) is 19.3 Å². The fraction of sp³-hybridized carbons (Fsp3) is 0.185. The van der Waals surface area contributed by atoms with Crippen molar-refractivity contribution in [3.63, 3.8) is 0 Å². The largest absolute Gasteiger partial charge is 0.493 e. The van der Waals surface area contributed by atoms with Gasteiger partial charge in [-0.05, 0) is 53.5 Å². The van der Waals surface area contributed by atoms with E-state index < -0.39 is 5.97 Å². The van der Waals surface area contributed by atoms with Crippen LogP contribution in [-0.4, -0.2) is 19.0 Å². The molecule has 0 unspecified atom stereocenters. The van der Waals surface area contributed by atoms with E-state index in [1.165, 1.54) is 5.56 Å². The number of benzene rings is 3. The molecule has 0 atom stereocenters. The molecule has 0 N–H and O–H groups in total.